The van der Waals surface area contributed by atoms with Gasteiger partial charge in [0, 0.05) is 24.9 Å². The molecule has 0 radical (unpaired) electrons. The molecule has 1 aliphatic rings. The smallest absolute Gasteiger partial charge is 0.391 e. The predicted molar refractivity (Wildman–Crippen MR) is 114 cm³/mol. The topological polar surface area (TPSA) is 151 Å². The first-order valence-electron chi connectivity index (χ1n) is 10.4. The molecular weight excluding hydrogens is 441 g/mol. The molecule has 1 aromatic heterocycles. The third-order valence-electron chi connectivity index (χ3n) is 6.00. The Kier molecular flexibility index (Phi) is 7.16. The fourth-order valence-corrected chi connectivity index (χ4v) is 5.93. The van der Waals surface area contributed by atoms with Crippen molar-refractivity contribution in [2.24, 2.45) is 5.73 Å². The number of benzene rings is 1. The normalized spacial score (nSPS) is 19.6. The summed E-state index contributed by atoms with van der Waals surface area (Å²) in [6.45, 7) is 5.39. The molecule has 176 valence electrons. The summed E-state index contributed by atoms with van der Waals surface area (Å²) >= 11 is 0. The molecule has 0 aliphatic carbocycles. The van der Waals surface area contributed by atoms with Crippen LogP contribution in [0.4, 0.5) is 4.39 Å². The number of nitrogens with zero attached hydrogens (tertiary/aromatic N) is 2. The summed E-state index contributed by atoms with van der Waals surface area (Å²) in [7, 11) is -4.17. The highest BCUT2D eigenvalue weighted by Crippen LogP contribution is 2.35. The lowest BCUT2D eigenvalue weighted by atomic mass is 9.88. The average molecular weight is 470 g/mol. The molecule has 3 atom stereocenters. The zero-order chi connectivity index (χ0) is 23.6. The van der Waals surface area contributed by atoms with Crippen molar-refractivity contribution in [2.45, 2.75) is 64.5 Å². The second-order valence-electron chi connectivity index (χ2n) is 8.17. The number of nitrogens with two attached hydrogens (primary N) is 1. The Bertz CT molecular complexity index is 1150. The molecule has 1 saturated heterocycles. The quantitative estimate of drug-likeness (QED) is 0.533. The molecule has 1 unspecified atom stereocenters. The summed E-state index contributed by atoms with van der Waals surface area (Å²) < 4.78 is 50.3. The largest absolute Gasteiger partial charge is 0.434 e. The minimum Gasteiger partial charge on any atom is -0.391 e. The Morgan fingerprint density at radius 2 is 2.12 bits per heavy atom. The van der Waals surface area contributed by atoms with Crippen molar-refractivity contribution in [1.29, 1.82) is 0 Å². The maximum Gasteiger partial charge on any atom is 0.434 e. The zero-order valence-corrected chi connectivity index (χ0v) is 19.0. The zero-order valence-electron chi connectivity index (χ0n) is 18.2. The number of aromatic nitrogens is 2. The number of halogens is 1. The Morgan fingerprint density at radius 3 is 2.75 bits per heavy atom. The number of hydrogen-bond donors (Lipinski definition) is 3. The molecule has 0 saturated carbocycles. The number of rotatable bonds is 8. The Hall–Kier alpha value is -2.57. The van der Waals surface area contributed by atoms with Crippen LogP contribution in [-0.2, 0) is 15.0 Å². The Labute approximate surface area is 185 Å². The molecule has 1 fully saturated rings. The molecule has 0 spiro atoms. The predicted octanol–water partition coefficient (Wildman–Crippen LogP) is 1.53. The lowest BCUT2D eigenvalue weighted by Crippen LogP contribution is -2.51. The average Bonchev–Trinajstić information content (AvgIpc) is 3.15. The van der Waals surface area contributed by atoms with Gasteiger partial charge in [-0.05, 0) is 49.4 Å². The molecule has 1 amide bonds. The molecule has 1 aromatic carbocycles. The maximum absolute atomic E-state index is 14.8. The van der Waals surface area contributed by atoms with Crippen LogP contribution >= 0.6 is 0 Å². The molecule has 32 heavy (non-hydrogen) atoms. The Morgan fingerprint density at radius 1 is 1.41 bits per heavy atom. The molecule has 10 nitrogen and oxygen atoms in total. The van der Waals surface area contributed by atoms with E-state index >= 15 is 0 Å². The van der Waals surface area contributed by atoms with Gasteiger partial charge in [-0.25, -0.2) is 14.3 Å². The maximum atomic E-state index is 14.8. The molecule has 0 bridgehead atoms. The van der Waals surface area contributed by atoms with E-state index in [9.17, 15) is 22.4 Å². The first-order chi connectivity index (χ1) is 15.0. The van der Waals surface area contributed by atoms with Crippen LogP contribution in [0.1, 0.15) is 67.1 Å². The van der Waals surface area contributed by atoms with Gasteiger partial charge in [-0.15, -0.1) is 5.10 Å². The first kappa shape index (κ1) is 24.1. The summed E-state index contributed by atoms with van der Waals surface area (Å²) in [5, 5.41) is 5.92. The van der Waals surface area contributed by atoms with Crippen molar-refractivity contribution in [2.75, 3.05) is 6.54 Å². The monoisotopic (exact) mass is 469 g/mol. The van der Waals surface area contributed by atoms with Crippen LogP contribution in [0.15, 0.2) is 21.3 Å². The van der Waals surface area contributed by atoms with Crippen LogP contribution in [0.2, 0.25) is 0 Å². The summed E-state index contributed by atoms with van der Waals surface area (Å²) in [6.07, 6.45) is 1.78. The molecule has 2 heterocycles. The van der Waals surface area contributed by atoms with E-state index in [1.807, 2.05) is 6.92 Å². The van der Waals surface area contributed by atoms with Gasteiger partial charge in [0.25, 0.3) is 10.2 Å². The molecule has 1 aliphatic heterocycles. The van der Waals surface area contributed by atoms with Crippen LogP contribution in [0, 0.1) is 19.7 Å². The minimum atomic E-state index is -4.17. The van der Waals surface area contributed by atoms with E-state index in [4.69, 9.17) is 10.2 Å². The SMILES string of the molecule is Cc1ccc(F)c([C@H](C)[C@H](NS(=O)(=O)N2CCCCC2CC(N)=O)c2n[nH]c(=O)o2)c1C. The number of carbonyl (C=O) groups excluding carboxylic acids is 1. The van der Waals surface area contributed by atoms with Gasteiger partial charge in [-0.3, -0.25) is 4.79 Å². The van der Waals surface area contributed by atoms with Crippen molar-refractivity contribution in [3.05, 3.63) is 51.1 Å². The molecule has 4 N–H and O–H groups in total. The van der Waals surface area contributed by atoms with Crippen molar-refractivity contribution in [3.63, 3.8) is 0 Å². The van der Waals surface area contributed by atoms with Crippen molar-refractivity contribution in [1.82, 2.24) is 19.2 Å². The van der Waals surface area contributed by atoms with Gasteiger partial charge in [0.05, 0.1) is 0 Å². The van der Waals surface area contributed by atoms with Gasteiger partial charge in [0.15, 0.2) is 0 Å². The Balaban J connectivity index is 2.01. The van der Waals surface area contributed by atoms with Crippen molar-refractivity contribution in [3.8, 4) is 0 Å². The van der Waals surface area contributed by atoms with E-state index < -0.39 is 45.7 Å². The van der Waals surface area contributed by atoms with Gasteiger partial charge in [0.1, 0.15) is 11.9 Å². The van der Waals surface area contributed by atoms with E-state index in [1.165, 1.54) is 10.4 Å². The van der Waals surface area contributed by atoms with Crippen LogP contribution in [-0.4, -0.2) is 41.4 Å². The van der Waals surface area contributed by atoms with Gasteiger partial charge in [-0.1, -0.05) is 19.4 Å². The fraction of sp³-hybridized carbons (Fsp3) is 0.550. The summed E-state index contributed by atoms with van der Waals surface area (Å²) in [5.41, 5.74) is 7.08. The number of nitrogens with one attached hydrogen (secondary N) is 2. The summed E-state index contributed by atoms with van der Waals surface area (Å²) in [4.78, 5) is 23.0. The van der Waals surface area contributed by atoms with Crippen LogP contribution < -0.4 is 16.2 Å². The third kappa shape index (κ3) is 5.08. The highest BCUT2D eigenvalue weighted by atomic mass is 32.2. The lowest BCUT2D eigenvalue weighted by Gasteiger charge is -2.35. The number of piperidine rings is 1. The second kappa shape index (κ2) is 9.51. The number of aromatic amines is 1. The van der Waals surface area contributed by atoms with Gasteiger partial charge in [0.2, 0.25) is 11.8 Å². The van der Waals surface area contributed by atoms with Gasteiger partial charge >= 0.3 is 5.76 Å². The number of primary amides is 1. The number of hydrogen-bond acceptors (Lipinski definition) is 6. The molecule has 12 heteroatoms. The lowest BCUT2D eigenvalue weighted by molar-refractivity contribution is -0.119. The molecular formula is C20H28FN5O5S. The number of aryl methyl sites for hydroxylation is 1. The summed E-state index contributed by atoms with van der Waals surface area (Å²) in [6, 6.07) is 1.19. The van der Waals surface area contributed by atoms with Gasteiger partial charge in [-0.2, -0.15) is 17.4 Å². The van der Waals surface area contributed by atoms with Crippen LogP contribution in [0.3, 0.4) is 0 Å². The highest BCUT2D eigenvalue weighted by molar-refractivity contribution is 7.87. The van der Waals surface area contributed by atoms with Crippen LogP contribution in [0.5, 0.6) is 0 Å². The van der Waals surface area contributed by atoms with E-state index in [0.717, 1.165) is 12.0 Å². The highest BCUT2D eigenvalue weighted by Gasteiger charge is 2.38. The number of H-pyrrole nitrogens is 1. The van der Waals surface area contributed by atoms with E-state index in [-0.39, 0.29) is 24.4 Å². The van der Waals surface area contributed by atoms with E-state index in [0.29, 0.717) is 18.4 Å². The standard InChI is InChI=1S/C20H28FN5O5S/c1-11-7-8-15(21)17(12(11)2)13(3)18(19-23-24-20(28)31-19)25-32(29,30)26-9-5-4-6-14(26)10-16(22)27/h7-8,13-14,18,25H,4-6,9-10H2,1-3H3,(H2,22,27)(H,24,28)/t13-,14?,18-/m0/s1. The van der Waals surface area contributed by atoms with Crippen LogP contribution in [0.25, 0.3) is 0 Å². The summed E-state index contributed by atoms with van der Waals surface area (Å²) in [5.74, 6) is -2.95. The number of carbonyl (C=O) groups is 1. The van der Waals surface area contributed by atoms with E-state index in [1.54, 1.807) is 19.9 Å². The number of amides is 1. The van der Waals surface area contributed by atoms with E-state index in [2.05, 4.69) is 14.9 Å². The third-order valence-corrected chi connectivity index (χ3v) is 7.65. The van der Waals surface area contributed by atoms with Gasteiger partial charge < -0.3 is 10.2 Å². The van der Waals surface area contributed by atoms with Crippen molar-refractivity contribution >= 4 is 16.1 Å². The first-order valence-corrected chi connectivity index (χ1v) is 11.8. The fourth-order valence-electron chi connectivity index (χ4n) is 4.23. The minimum absolute atomic E-state index is 0.107. The molecule has 3 rings (SSSR count). The second-order valence-corrected chi connectivity index (χ2v) is 9.83. The molecule has 2 aromatic rings. The van der Waals surface area contributed by atoms with Crippen molar-refractivity contribution < 1.29 is 22.0 Å².